The fraction of sp³-hybridized carbons (Fsp3) is 1.00. The van der Waals surface area contributed by atoms with Gasteiger partial charge in [0.1, 0.15) is 0 Å². The summed E-state index contributed by atoms with van der Waals surface area (Å²) >= 11 is 0. The average molecular weight is 230 g/mol. The minimum Gasteiger partial charge on any atom is -0.326 e. The minimum absolute atomic E-state index is 0. The molecular formula is C12H30BNP. The molecule has 0 rings (SSSR count). The van der Waals surface area contributed by atoms with Crippen LogP contribution in [0, 0.1) is 0 Å². The number of hydrogen-bond acceptors (Lipinski definition) is 1. The lowest BCUT2D eigenvalue weighted by Crippen LogP contribution is -2.26. The van der Waals surface area contributed by atoms with Crippen LogP contribution in [0.4, 0.5) is 0 Å². The summed E-state index contributed by atoms with van der Waals surface area (Å²) in [4.78, 5) is 0. The monoisotopic (exact) mass is 230 g/mol. The molecule has 0 aliphatic heterocycles. The largest absolute Gasteiger partial charge is 0.326 e. The Morgan fingerprint density at radius 3 is 1.60 bits per heavy atom. The van der Waals surface area contributed by atoms with Gasteiger partial charge in [0.05, 0.1) is 0 Å². The van der Waals surface area contributed by atoms with Crippen LogP contribution in [0.25, 0.3) is 0 Å². The van der Waals surface area contributed by atoms with Gasteiger partial charge in [-0.05, 0) is 33.4 Å². The first-order chi connectivity index (χ1) is 6.41. The molecule has 0 aromatic carbocycles. The van der Waals surface area contributed by atoms with Crippen LogP contribution in [0.5, 0.6) is 0 Å². The molecule has 0 aromatic rings. The Hall–Kier alpha value is 0.455. The summed E-state index contributed by atoms with van der Waals surface area (Å²) in [6.07, 6.45) is 9.80. The van der Waals surface area contributed by atoms with Crippen molar-refractivity contribution >= 4 is 17.7 Å². The molecule has 1 atom stereocenters. The van der Waals surface area contributed by atoms with E-state index in [-0.39, 0.29) is 14.0 Å². The van der Waals surface area contributed by atoms with Crippen molar-refractivity contribution < 1.29 is 0 Å². The summed E-state index contributed by atoms with van der Waals surface area (Å²) in [5, 5.41) is 0. The van der Waals surface area contributed by atoms with Crippen LogP contribution in [0.1, 0.15) is 66.2 Å². The van der Waals surface area contributed by atoms with Crippen molar-refractivity contribution in [2.45, 2.75) is 71.8 Å². The summed E-state index contributed by atoms with van der Waals surface area (Å²) < 4.78 is 0. The van der Waals surface area contributed by atoms with Gasteiger partial charge in [-0.25, -0.2) is 0 Å². The van der Waals surface area contributed by atoms with Gasteiger partial charge < -0.3 is 5.73 Å². The van der Waals surface area contributed by atoms with Gasteiger partial charge in [-0.3, -0.25) is 0 Å². The van der Waals surface area contributed by atoms with Gasteiger partial charge in [-0.2, -0.15) is 0 Å². The zero-order valence-corrected chi connectivity index (χ0v) is 12.3. The van der Waals surface area contributed by atoms with Crippen LogP contribution >= 0.6 is 9.24 Å². The molecular weight excluding hydrogens is 200 g/mol. The van der Waals surface area contributed by atoms with E-state index < -0.39 is 0 Å². The molecule has 0 aromatic heterocycles. The molecule has 0 bridgehead atoms. The van der Waals surface area contributed by atoms with Crippen molar-refractivity contribution in [2.24, 2.45) is 5.73 Å². The average Bonchev–Trinajstić information content (AvgIpc) is 2.01. The molecule has 0 aliphatic rings. The van der Waals surface area contributed by atoms with E-state index in [0.29, 0.717) is 0 Å². The summed E-state index contributed by atoms with van der Waals surface area (Å²) in [6, 6.07) is 0. The Balaban J connectivity index is -0.000000208. The van der Waals surface area contributed by atoms with Crippen molar-refractivity contribution in [1.82, 2.24) is 0 Å². The third kappa shape index (κ3) is 53.8. The molecule has 0 fully saturated rings. The molecule has 1 nitrogen and oxygen atoms in total. The first kappa shape index (κ1) is 20.8. The zero-order chi connectivity index (χ0) is 11.4. The standard InChI is InChI=1S/C8H19P.C4H11N.B/c1-2-3-4-5-6-7-8-9;1-4(2,3)5;/h2-9H2,1H3;5H2,1-3H3;. The number of nitrogens with two attached hydrogens (primary N) is 1. The molecule has 0 aliphatic carbocycles. The van der Waals surface area contributed by atoms with Crippen molar-refractivity contribution in [1.29, 1.82) is 0 Å². The Labute approximate surface area is 102 Å². The van der Waals surface area contributed by atoms with Crippen LogP contribution < -0.4 is 5.73 Å². The van der Waals surface area contributed by atoms with Gasteiger partial charge in [-0.15, -0.1) is 9.24 Å². The molecule has 0 spiro atoms. The van der Waals surface area contributed by atoms with E-state index in [0.717, 1.165) is 0 Å². The smallest absolute Gasteiger partial charge is 0.00686 e. The first-order valence-corrected chi connectivity index (χ1v) is 6.72. The van der Waals surface area contributed by atoms with Crippen molar-refractivity contribution in [3.8, 4) is 0 Å². The molecule has 2 N–H and O–H groups in total. The van der Waals surface area contributed by atoms with Crippen molar-refractivity contribution in [3.63, 3.8) is 0 Å². The van der Waals surface area contributed by atoms with Crippen molar-refractivity contribution in [3.05, 3.63) is 0 Å². The maximum absolute atomic E-state index is 5.35. The highest BCUT2D eigenvalue weighted by Crippen LogP contribution is 2.05. The van der Waals surface area contributed by atoms with Gasteiger partial charge in [0.15, 0.2) is 0 Å². The molecule has 91 valence electrons. The summed E-state index contributed by atoms with van der Waals surface area (Å²) in [5.41, 5.74) is 5.35. The highest BCUT2D eigenvalue weighted by molar-refractivity contribution is 7.16. The zero-order valence-electron chi connectivity index (χ0n) is 11.2. The highest BCUT2D eigenvalue weighted by atomic mass is 31.0. The Morgan fingerprint density at radius 2 is 1.27 bits per heavy atom. The molecule has 0 amide bonds. The molecule has 1 unspecified atom stereocenters. The van der Waals surface area contributed by atoms with Gasteiger partial charge in [0.25, 0.3) is 0 Å². The maximum atomic E-state index is 5.35. The second-order valence-corrected chi connectivity index (χ2v) is 5.50. The molecule has 0 saturated carbocycles. The molecule has 0 heterocycles. The fourth-order valence-corrected chi connectivity index (χ4v) is 1.21. The van der Waals surface area contributed by atoms with E-state index in [4.69, 9.17) is 5.73 Å². The predicted molar refractivity (Wildman–Crippen MR) is 77.6 cm³/mol. The van der Waals surface area contributed by atoms with E-state index in [1.807, 2.05) is 20.8 Å². The molecule has 3 heteroatoms. The van der Waals surface area contributed by atoms with Crippen LogP contribution in [-0.4, -0.2) is 20.1 Å². The highest BCUT2D eigenvalue weighted by Gasteiger charge is 1.95. The summed E-state index contributed by atoms with van der Waals surface area (Å²) in [5.74, 6) is 0. The predicted octanol–water partition coefficient (Wildman–Crippen LogP) is 3.58. The second-order valence-electron chi connectivity index (χ2n) is 4.92. The number of rotatable bonds is 6. The second kappa shape index (κ2) is 14.5. The lowest BCUT2D eigenvalue weighted by Gasteiger charge is -2.06. The normalized spacial score (nSPS) is 10.0. The van der Waals surface area contributed by atoms with E-state index in [9.17, 15) is 0 Å². The fourth-order valence-electron chi connectivity index (χ4n) is 0.925. The van der Waals surface area contributed by atoms with Crippen LogP contribution in [0.15, 0.2) is 0 Å². The Kier molecular flexibility index (Phi) is 20.1. The quantitative estimate of drug-likeness (QED) is 0.421. The third-order valence-electron chi connectivity index (χ3n) is 1.56. The topological polar surface area (TPSA) is 26.0 Å². The van der Waals surface area contributed by atoms with E-state index in [1.54, 1.807) is 0 Å². The summed E-state index contributed by atoms with van der Waals surface area (Å²) in [7, 11) is 2.78. The minimum atomic E-state index is 0. The summed E-state index contributed by atoms with van der Waals surface area (Å²) in [6.45, 7) is 8.16. The van der Waals surface area contributed by atoms with Gasteiger partial charge in [-0.1, -0.05) is 39.0 Å². The number of hydrogen-bond donors (Lipinski definition) is 1. The van der Waals surface area contributed by atoms with E-state index >= 15 is 0 Å². The Morgan fingerprint density at radius 1 is 0.933 bits per heavy atom. The van der Waals surface area contributed by atoms with E-state index in [1.165, 1.54) is 44.7 Å². The van der Waals surface area contributed by atoms with Crippen LogP contribution in [-0.2, 0) is 0 Å². The maximum Gasteiger partial charge on any atom is 0.00686 e. The van der Waals surface area contributed by atoms with Gasteiger partial charge >= 0.3 is 0 Å². The SMILES string of the molecule is CC(C)(C)N.CCCCCCCCP.[B]. The number of unbranched alkanes of at least 4 members (excludes halogenated alkanes) is 5. The molecule has 0 saturated heterocycles. The van der Waals surface area contributed by atoms with Crippen LogP contribution in [0.3, 0.4) is 0 Å². The Bertz CT molecular complexity index is 90.3. The van der Waals surface area contributed by atoms with Gasteiger partial charge in [0, 0.05) is 14.0 Å². The lowest BCUT2D eigenvalue weighted by atomic mass is 10.1. The first-order valence-electron chi connectivity index (χ1n) is 5.90. The van der Waals surface area contributed by atoms with Crippen LogP contribution in [0.2, 0.25) is 0 Å². The van der Waals surface area contributed by atoms with Crippen molar-refractivity contribution in [2.75, 3.05) is 6.16 Å². The third-order valence-corrected chi connectivity index (χ3v) is 1.97. The molecule has 15 heavy (non-hydrogen) atoms. The van der Waals surface area contributed by atoms with E-state index in [2.05, 4.69) is 16.2 Å². The lowest BCUT2D eigenvalue weighted by molar-refractivity contribution is 0.580. The molecule has 3 radical (unpaired) electrons. The van der Waals surface area contributed by atoms with Gasteiger partial charge in [0.2, 0.25) is 0 Å².